The quantitative estimate of drug-likeness (QED) is 0.658. The number of para-hydroxylation sites is 1. The number of carbonyl (C=O) groups is 1. The van der Waals surface area contributed by atoms with Crippen molar-refractivity contribution in [2.24, 2.45) is 5.73 Å². The highest BCUT2D eigenvalue weighted by molar-refractivity contribution is 5.93. The molecule has 146 valence electrons. The summed E-state index contributed by atoms with van der Waals surface area (Å²) in [4.78, 5) is 13.7. The lowest BCUT2D eigenvalue weighted by Gasteiger charge is -2.20. The zero-order valence-corrected chi connectivity index (χ0v) is 16.3. The molecule has 0 aliphatic rings. The van der Waals surface area contributed by atoms with Gasteiger partial charge in [0.15, 0.2) is 0 Å². The molecular formula is C21H25N5O2. The van der Waals surface area contributed by atoms with E-state index in [1.165, 1.54) is 0 Å². The molecule has 28 heavy (non-hydrogen) atoms. The maximum Gasteiger partial charge on any atom is 0.316 e. The number of hydrogen-bond donors (Lipinski definition) is 2. The Morgan fingerprint density at radius 2 is 1.86 bits per heavy atom. The largest absolute Gasteiger partial charge is 0.497 e. The van der Waals surface area contributed by atoms with Crippen LogP contribution in [0, 0.1) is 6.92 Å². The Labute approximate surface area is 164 Å². The number of aromatic nitrogens is 2. The third-order valence-corrected chi connectivity index (χ3v) is 4.58. The van der Waals surface area contributed by atoms with E-state index in [-0.39, 0.29) is 0 Å². The molecule has 1 aromatic heterocycles. The molecule has 3 aromatic rings. The average molecular weight is 379 g/mol. The summed E-state index contributed by atoms with van der Waals surface area (Å²) >= 11 is 0. The number of aryl methyl sites for hydroxylation is 1. The van der Waals surface area contributed by atoms with E-state index in [9.17, 15) is 4.79 Å². The molecule has 2 aromatic carbocycles. The first-order valence-corrected chi connectivity index (χ1v) is 9.04. The third kappa shape index (κ3) is 4.25. The van der Waals surface area contributed by atoms with Gasteiger partial charge in [-0.1, -0.05) is 18.2 Å². The SMILES string of the molecule is COc1ccc(-c2c(NC(N)=O)c(C)nn2CCN(C)c2ccccc2)cc1. The normalized spacial score (nSPS) is 10.5. The highest BCUT2D eigenvalue weighted by Crippen LogP contribution is 2.32. The molecule has 0 bridgehead atoms. The van der Waals surface area contributed by atoms with Gasteiger partial charge in [0.2, 0.25) is 0 Å². The number of nitrogens with one attached hydrogen (secondary N) is 1. The van der Waals surface area contributed by atoms with Crippen LogP contribution in [0.1, 0.15) is 5.69 Å². The fourth-order valence-electron chi connectivity index (χ4n) is 3.11. The fraction of sp³-hybridized carbons (Fsp3) is 0.238. The number of nitrogens with zero attached hydrogens (tertiary/aromatic N) is 3. The molecule has 3 N–H and O–H groups in total. The molecule has 0 saturated heterocycles. The van der Waals surface area contributed by atoms with Crippen molar-refractivity contribution in [1.29, 1.82) is 0 Å². The number of anilines is 2. The first-order valence-electron chi connectivity index (χ1n) is 9.04. The number of methoxy groups -OCH3 is 1. The van der Waals surface area contributed by atoms with Crippen molar-refractivity contribution in [3.05, 3.63) is 60.3 Å². The smallest absolute Gasteiger partial charge is 0.316 e. The fourth-order valence-corrected chi connectivity index (χ4v) is 3.11. The molecule has 2 amide bonds. The standard InChI is InChI=1S/C21H25N5O2/c1-15-19(23-21(22)27)20(16-9-11-18(28-3)12-10-16)26(24-15)14-13-25(2)17-7-5-4-6-8-17/h4-12H,13-14H2,1-3H3,(H3,22,23,27). The molecule has 0 fully saturated rings. The van der Waals surface area contributed by atoms with E-state index >= 15 is 0 Å². The summed E-state index contributed by atoms with van der Waals surface area (Å²) in [6, 6.07) is 17.2. The summed E-state index contributed by atoms with van der Waals surface area (Å²) in [5.41, 5.74) is 9.59. The van der Waals surface area contributed by atoms with Gasteiger partial charge in [-0.25, -0.2) is 4.79 Å². The number of hydrogen-bond acceptors (Lipinski definition) is 4. The zero-order chi connectivity index (χ0) is 20.1. The van der Waals surface area contributed by atoms with Crippen molar-refractivity contribution in [2.45, 2.75) is 13.5 Å². The van der Waals surface area contributed by atoms with E-state index in [0.717, 1.165) is 29.2 Å². The second kappa shape index (κ2) is 8.47. The van der Waals surface area contributed by atoms with Crippen LogP contribution < -0.4 is 20.7 Å². The van der Waals surface area contributed by atoms with Crippen LogP contribution in [-0.4, -0.2) is 36.5 Å². The van der Waals surface area contributed by atoms with Crippen LogP contribution in [0.3, 0.4) is 0 Å². The summed E-state index contributed by atoms with van der Waals surface area (Å²) in [6.45, 7) is 3.26. The van der Waals surface area contributed by atoms with Crippen molar-refractivity contribution in [3.63, 3.8) is 0 Å². The van der Waals surface area contributed by atoms with Crippen molar-refractivity contribution in [1.82, 2.24) is 9.78 Å². The lowest BCUT2D eigenvalue weighted by atomic mass is 10.1. The molecule has 0 aliphatic heterocycles. The average Bonchev–Trinajstić information content (AvgIpc) is 3.01. The van der Waals surface area contributed by atoms with Gasteiger partial charge in [-0.05, 0) is 43.3 Å². The minimum Gasteiger partial charge on any atom is -0.497 e. The molecule has 0 radical (unpaired) electrons. The predicted molar refractivity (Wildman–Crippen MR) is 112 cm³/mol. The topological polar surface area (TPSA) is 85.4 Å². The number of amides is 2. The molecule has 0 unspecified atom stereocenters. The van der Waals surface area contributed by atoms with E-state index in [1.54, 1.807) is 7.11 Å². The van der Waals surface area contributed by atoms with Crippen LogP contribution in [0.4, 0.5) is 16.2 Å². The Kier molecular flexibility index (Phi) is 5.84. The summed E-state index contributed by atoms with van der Waals surface area (Å²) in [7, 11) is 3.67. The van der Waals surface area contributed by atoms with Crippen LogP contribution >= 0.6 is 0 Å². The van der Waals surface area contributed by atoms with Crippen LogP contribution in [0.25, 0.3) is 11.3 Å². The van der Waals surface area contributed by atoms with Crippen molar-refractivity contribution >= 4 is 17.4 Å². The monoisotopic (exact) mass is 379 g/mol. The van der Waals surface area contributed by atoms with Gasteiger partial charge < -0.3 is 20.7 Å². The van der Waals surface area contributed by atoms with E-state index < -0.39 is 6.03 Å². The van der Waals surface area contributed by atoms with E-state index in [4.69, 9.17) is 10.5 Å². The third-order valence-electron chi connectivity index (χ3n) is 4.58. The summed E-state index contributed by atoms with van der Waals surface area (Å²) < 4.78 is 7.15. The van der Waals surface area contributed by atoms with E-state index in [1.807, 2.05) is 61.1 Å². The van der Waals surface area contributed by atoms with Gasteiger partial charge in [0, 0.05) is 24.8 Å². The highest BCUT2D eigenvalue weighted by atomic mass is 16.5. The number of carbonyl (C=O) groups excluding carboxylic acids is 1. The summed E-state index contributed by atoms with van der Waals surface area (Å²) in [5.74, 6) is 0.764. The predicted octanol–water partition coefficient (Wildman–Crippen LogP) is 3.49. The van der Waals surface area contributed by atoms with Gasteiger partial charge in [-0.3, -0.25) is 4.68 Å². The number of rotatable bonds is 7. The van der Waals surface area contributed by atoms with Gasteiger partial charge in [-0.15, -0.1) is 0 Å². The Hall–Kier alpha value is -3.48. The van der Waals surface area contributed by atoms with Crippen LogP contribution in [0.15, 0.2) is 54.6 Å². The molecule has 7 heteroatoms. The molecular weight excluding hydrogens is 354 g/mol. The van der Waals surface area contributed by atoms with Crippen molar-refractivity contribution in [3.8, 4) is 17.0 Å². The van der Waals surface area contributed by atoms with Crippen molar-refractivity contribution < 1.29 is 9.53 Å². The molecule has 3 rings (SSSR count). The molecule has 0 aliphatic carbocycles. The van der Waals surface area contributed by atoms with Crippen LogP contribution in [-0.2, 0) is 6.54 Å². The Morgan fingerprint density at radius 3 is 2.46 bits per heavy atom. The summed E-state index contributed by atoms with van der Waals surface area (Å²) in [6.07, 6.45) is 0. The van der Waals surface area contributed by atoms with Gasteiger partial charge in [-0.2, -0.15) is 5.10 Å². The molecule has 7 nitrogen and oxygen atoms in total. The van der Waals surface area contributed by atoms with Gasteiger partial charge in [0.1, 0.15) is 5.75 Å². The van der Waals surface area contributed by atoms with Crippen LogP contribution in [0.2, 0.25) is 0 Å². The maximum atomic E-state index is 11.5. The molecule has 1 heterocycles. The van der Waals surface area contributed by atoms with E-state index in [0.29, 0.717) is 17.9 Å². The first-order chi connectivity index (χ1) is 13.5. The second-order valence-corrected chi connectivity index (χ2v) is 6.51. The van der Waals surface area contributed by atoms with E-state index in [2.05, 4.69) is 27.4 Å². The highest BCUT2D eigenvalue weighted by Gasteiger charge is 2.18. The van der Waals surface area contributed by atoms with Gasteiger partial charge in [0.25, 0.3) is 0 Å². The Bertz CT molecular complexity index is 935. The maximum absolute atomic E-state index is 11.5. The Balaban J connectivity index is 1.92. The first kappa shape index (κ1) is 19.3. The minimum absolute atomic E-state index is 0.612. The second-order valence-electron chi connectivity index (χ2n) is 6.51. The number of ether oxygens (including phenoxy) is 1. The number of likely N-dealkylation sites (N-methyl/N-ethyl adjacent to an activating group) is 1. The number of urea groups is 1. The zero-order valence-electron chi connectivity index (χ0n) is 16.3. The van der Waals surface area contributed by atoms with Gasteiger partial charge >= 0.3 is 6.03 Å². The number of nitrogens with two attached hydrogens (primary N) is 1. The minimum atomic E-state index is -0.612. The molecule has 0 spiro atoms. The molecule has 0 atom stereocenters. The summed E-state index contributed by atoms with van der Waals surface area (Å²) in [5, 5.41) is 7.36. The lowest BCUT2D eigenvalue weighted by molar-refractivity contribution is 0.259. The van der Waals surface area contributed by atoms with Crippen molar-refractivity contribution in [2.75, 3.05) is 30.9 Å². The number of benzene rings is 2. The van der Waals surface area contributed by atoms with Crippen LogP contribution in [0.5, 0.6) is 5.75 Å². The Morgan fingerprint density at radius 1 is 1.18 bits per heavy atom. The van der Waals surface area contributed by atoms with Gasteiger partial charge in [0.05, 0.1) is 30.7 Å². The number of primary amides is 1. The lowest BCUT2D eigenvalue weighted by Crippen LogP contribution is -2.23. The molecule has 0 saturated carbocycles.